The molecule has 3 rings (SSSR count). The van der Waals surface area contributed by atoms with Gasteiger partial charge in [0.15, 0.2) is 0 Å². The van der Waals surface area contributed by atoms with Crippen LogP contribution in [0.2, 0.25) is 0 Å². The number of benzene rings is 2. The minimum atomic E-state index is -4.05. The Labute approximate surface area is 213 Å². The molecule has 2 N–H and O–H groups in total. The molecule has 0 unspecified atom stereocenters. The van der Waals surface area contributed by atoms with Crippen LogP contribution in [-0.4, -0.2) is 71.1 Å². The highest BCUT2D eigenvalue weighted by atomic mass is 32.2. The monoisotopic (exact) mass is 517 g/mol. The highest BCUT2D eigenvalue weighted by Gasteiger charge is 2.32. The minimum Gasteiger partial charge on any atom is -0.494 e. The zero-order valence-corrected chi connectivity index (χ0v) is 21.8. The third kappa shape index (κ3) is 8.41. The van der Waals surface area contributed by atoms with Gasteiger partial charge in [-0.25, -0.2) is 18.0 Å². The summed E-state index contributed by atoms with van der Waals surface area (Å²) in [6.45, 7) is 3.93. The lowest BCUT2D eigenvalue weighted by atomic mass is 10.1. The molecular weight excluding hydrogens is 482 g/mol. The van der Waals surface area contributed by atoms with Crippen molar-refractivity contribution < 1.29 is 27.5 Å². The van der Waals surface area contributed by atoms with Gasteiger partial charge in [-0.15, -0.1) is 0 Å². The molecular formula is C26H35N3O6S. The number of carbonyl (C=O) groups is 2. The van der Waals surface area contributed by atoms with Gasteiger partial charge in [0.25, 0.3) is 0 Å². The molecule has 0 spiro atoms. The summed E-state index contributed by atoms with van der Waals surface area (Å²) in [4.78, 5) is 27.5. The molecule has 9 nitrogen and oxygen atoms in total. The summed E-state index contributed by atoms with van der Waals surface area (Å²) in [7, 11) is -0.0635. The lowest BCUT2D eigenvalue weighted by Gasteiger charge is -2.19. The molecule has 1 aliphatic rings. The number of carbonyl (C=O) groups excluding carboxylic acids is 2. The molecule has 196 valence electrons. The van der Waals surface area contributed by atoms with Crippen LogP contribution < -0.4 is 14.8 Å². The molecule has 0 aromatic heterocycles. The number of esters is 2. The maximum atomic E-state index is 13.0. The summed E-state index contributed by atoms with van der Waals surface area (Å²) in [6, 6.07) is 11.5. The number of rotatable bonds is 12. The topological polar surface area (TPSA) is 114 Å². The fourth-order valence-corrected chi connectivity index (χ4v) is 5.03. The minimum absolute atomic E-state index is 0.00972. The molecule has 2 aromatic rings. The van der Waals surface area contributed by atoms with Gasteiger partial charge in [0.05, 0.1) is 11.5 Å². The van der Waals surface area contributed by atoms with Crippen LogP contribution >= 0.6 is 0 Å². The molecule has 0 saturated carbocycles. The van der Waals surface area contributed by atoms with E-state index in [9.17, 15) is 18.0 Å². The molecule has 0 radical (unpaired) electrons. The second-order valence-corrected chi connectivity index (χ2v) is 10.9. The van der Waals surface area contributed by atoms with E-state index >= 15 is 0 Å². The number of hydrogen-bond donors (Lipinski definition) is 2. The smallest absolute Gasteiger partial charge is 0.332 e. The van der Waals surface area contributed by atoms with Crippen LogP contribution in [0.3, 0.4) is 0 Å². The summed E-state index contributed by atoms with van der Waals surface area (Å²) < 4.78 is 39.4. The van der Waals surface area contributed by atoms with E-state index in [0.717, 1.165) is 24.9 Å². The first-order valence-electron chi connectivity index (χ1n) is 12.1. The molecule has 1 heterocycles. The normalized spacial score (nSPS) is 16.6. The van der Waals surface area contributed by atoms with E-state index in [4.69, 9.17) is 9.47 Å². The zero-order valence-electron chi connectivity index (χ0n) is 21.0. The molecule has 2 atom stereocenters. The van der Waals surface area contributed by atoms with Crippen LogP contribution in [0.1, 0.15) is 30.4 Å². The molecule has 10 heteroatoms. The average molecular weight is 518 g/mol. The summed E-state index contributed by atoms with van der Waals surface area (Å²) in [6.07, 6.45) is 2.21. The summed E-state index contributed by atoms with van der Waals surface area (Å²) in [5, 5.41) is 2.98. The third-order valence-electron chi connectivity index (χ3n) is 5.82. The van der Waals surface area contributed by atoms with Crippen LogP contribution in [0.15, 0.2) is 53.4 Å². The van der Waals surface area contributed by atoms with Crippen molar-refractivity contribution in [2.75, 3.05) is 33.8 Å². The number of sulfonamides is 1. The van der Waals surface area contributed by atoms with Gasteiger partial charge in [0, 0.05) is 6.54 Å². The van der Waals surface area contributed by atoms with Crippen molar-refractivity contribution in [1.82, 2.24) is 14.9 Å². The summed E-state index contributed by atoms with van der Waals surface area (Å²) >= 11 is 0. The SMILES string of the molecule is Cc1ccc(S(=O)(=O)N[C@@H](Cc2cccc(OCCCN(C)C)c2)C(=O)OC(=O)[C@@H]2CCCN2)cc1. The number of hydrogen-bond acceptors (Lipinski definition) is 8. The number of ether oxygens (including phenoxy) is 2. The standard InChI is InChI=1S/C26H35N3O6S/c1-19-10-12-22(13-11-19)36(32,33)28-24(26(31)35-25(30)23-9-5-14-27-23)18-20-7-4-8-21(17-20)34-16-6-15-29(2)3/h4,7-8,10-13,17,23-24,27-28H,5-6,9,14-16,18H2,1-3H3/t23-,24-/m0/s1. The van der Waals surface area contributed by atoms with Gasteiger partial charge in [0.1, 0.15) is 17.8 Å². The fraction of sp³-hybridized carbons (Fsp3) is 0.462. The molecule has 0 amide bonds. The molecule has 2 aromatic carbocycles. The van der Waals surface area contributed by atoms with Crippen LogP contribution in [0.25, 0.3) is 0 Å². The largest absolute Gasteiger partial charge is 0.494 e. The molecule has 1 aliphatic heterocycles. The Morgan fingerprint density at radius 2 is 1.92 bits per heavy atom. The maximum absolute atomic E-state index is 13.0. The van der Waals surface area contributed by atoms with Gasteiger partial charge < -0.3 is 19.7 Å². The van der Waals surface area contributed by atoms with Crippen LogP contribution in [0.4, 0.5) is 0 Å². The lowest BCUT2D eigenvalue weighted by molar-refractivity contribution is -0.162. The molecule has 0 bridgehead atoms. The molecule has 36 heavy (non-hydrogen) atoms. The van der Waals surface area contributed by atoms with E-state index in [2.05, 4.69) is 14.9 Å². The Kier molecular flexibility index (Phi) is 10.0. The van der Waals surface area contributed by atoms with Crippen molar-refractivity contribution in [2.45, 2.75) is 49.6 Å². The predicted molar refractivity (Wildman–Crippen MR) is 136 cm³/mol. The van der Waals surface area contributed by atoms with Gasteiger partial charge in [-0.1, -0.05) is 29.8 Å². The number of nitrogens with zero attached hydrogens (tertiary/aromatic N) is 1. The van der Waals surface area contributed by atoms with E-state index in [1.54, 1.807) is 36.4 Å². The van der Waals surface area contributed by atoms with Crippen molar-refractivity contribution >= 4 is 22.0 Å². The number of nitrogens with one attached hydrogen (secondary N) is 2. The average Bonchev–Trinajstić information content (AvgIpc) is 3.37. The van der Waals surface area contributed by atoms with Gasteiger partial charge in [-0.05, 0) is 83.1 Å². The van der Waals surface area contributed by atoms with Crippen LogP contribution in [0, 0.1) is 6.92 Å². The second kappa shape index (κ2) is 13.0. The Balaban J connectivity index is 1.75. The highest BCUT2D eigenvalue weighted by Crippen LogP contribution is 2.18. The van der Waals surface area contributed by atoms with Gasteiger partial charge in [0.2, 0.25) is 10.0 Å². The summed E-state index contributed by atoms with van der Waals surface area (Å²) in [5.74, 6) is -1.03. The first kappa shape index (κ1) is 27.8. The second-order valence-electron chi connectivity index (χ2n) is 9.23. The molecule has 1 saturated heterocycles. The van der Waals surface area contributed by atoms with Crippen molar-refractivity contribution in [3.05, 3.63) is 59.7 Å². The van der Waals surface area contributed by atoms with Gasteiger partial charge in [-0.3, -0.25) is 0 Å². The van der Waals surface area contributed by atoms with Crippen molar-refractivity contribution in [3.63, 3.8) is 0 Å². The van der Waals surface area contributed by atoms with E-state index in [1.165, 1.54) is 12.1 Å². The van der Waals surface area contributed by atoms with Crippen LogP contribution in [0.5, 0.6) is 5.75 Å². The van der Waals surface area contributed by atoms with E-state index in [-0.39, 0.29) is 11.3 Å². The highest BCUT2D eigenvalue weighted by molar-refractivity contribution is 7.89. The Bertz CT molecular complexity index is 1130. The Hall–Kier alpha value is -2.79. The third-order valence-corrected chi connectivity index (χ3v) is 7.30. The lowest BCUT2D eigenvalue weighted by Crippen LogP contribution is -2.45. The Morgan fingerprint density at radius 1 is 1.17 bits per heavy atom. The molecule has 1 fully saturated rings. The summed E-state index contributed by atoms with van der Waals surface area (Å²) in [5.41, 5.74) is 1.57. The first-order valence-corrected chi connectivity index (χ1v) is 13.6. The maximum Gasteiger partial charge on any atom is 0.332 e. The van der Waals surface area contributed by atoms with Crippen molar-refractivity contribution in [1.29, 1.82) is 0 Å². The first-order chi connectivity index (χ1) is 17.1. The van der Waals surface area contributed by atoms with Crippen molar-refractivity contribution in [2.24, 2.45) is 0 Å². The van der Waals surface area contributed by atoms with Crippen molar-refractivity contribution in [3.8, 4) is 5.75 Å². The van der Waals surface area contributed by atoms with Gasteiger partial charge in [-0.2, -0.15) is 4.72 Å². The Morgan fingerprint density at radius 3 is 2.58 bits per heavy atom. The van der Waals surface area contributed by atoms with Gasteiger partial charge >= 0.3 is 11.9 Å². The number of aryl methyl sites for hydroxylation is 1. The van der Waals surface area contributed by atoms with Crippen LogP contribution in [-0.2, 0) is 30.8 Å². The van der Waals surface area contributed by atoms with E-state index in [1.807, 2.05) is 21.0 Å². The quantitative estimate of drug-likeness (QED) is 0.250. The predicted octanol–water partition coefficient (Wildman–Crippen LogP) is 2.04. The molecule has 0 aliphatic carbocycles. The van der Waals surface area contributed by atoms with E-state index < -0.39 is 34.0 Å². The zero-order chi connectivity index (χ0) is 26.1. The van der Waals surface area contributed by atoms with E-state index in [0.29, 0.717) is 30.9 Å². The fourth-order valence-electron chi connectivity index (χ4n) is 3.84.